The Kier molecular flexibility index (Phi) is 20.6. The minimum atomic E-state index is -1.52. The molecule has 16 rings (SSSR count). The van der Waals surface area contributed by atoms with Gasteiger partial charge >= 0.3 is 0 Å². The lowest BCUT2D eigenvalue weighted by molar-refractivity contribution is 0.403. The summed E-state index contributed by atoms with van der Waals surface area (Å²) in [5, 5.41) is 2.35. The van der Waals surface area contributed by atoms with Gasteiger partial charge in [-0.3, -0.25) is 19.5 Å². The van der Waals surface area contributed by atoms with Gasteiger partial charge in [0.2, 0.25) is 0 Å². The van der Waals surface area contributed by atoms with Crippen LogP contribution in [0, 0.1) is 27.7 Å². The van der Waals surface area contributed by atoms with E-state index in [0.29, 0.717) is 38.8 Å². The first-order chi connectivity index (χ1) is 65.6. The van der Waals surface area contributed by atoms with Gasteiger partial charge in [0.05, 0.1) is 47.1 Å². The fourth-order valence-corrected chi connectivity index (χ4v) is 16.5. The highest BCUT2D eigenvalue weighted by molar-refractivity contribution is 6.09. The van der Waals surface area contributed by atoms with Gasteiger partial charge in [-0.05, 0) is 187 Å². The van der Waals surface area contributed by atoms with Crippen LogP contribution in [0.25, 0.3) is 94.6 Å². The number of benzene rings is 9. The molecular formula is C115H133N7. The predicted molar refractivity (Wildman–Crippen MR) is 524 cm³/mol. The quantitative estimate of drug-likeness (QED) is 0.151. The zero-order valence-corrected chi connectivity index (χ0v) is 76.7. The summed E-state index contributed by atoms with van der Waals surface area (Å²) >= 11 is 0. The molecule has 15 aromatic rings. The third-order valence-corrected chi connectivity index (χ3v) is 21.7. The van der Waals surface area contributed by atoms with Crippen LogP contribution in [-0.2, 0) is 49.7 Å². The number of fused-ring (bicyclic) bond motifs is 4. The zero-order valence-electron chi connectivity index (χ0n) is 96.7. The molecule has 628 valence electrons. The lowest BCUT2D eigenvalue weighted by atomic mass is 9.77. The Morgan fingerprint density at radius 1 is 0.385 bits per heavy atom. The highest BCUT2D eigenvalue weighted by atomic mass is 15.1. The van der Waals surface area contributed by atoms with Crippen LogP contribution in [0.5, 0.6) is 0 Å². The second-order valence-electron chi connectivity index (χ2n) is 38.9. The third kappa shape index (κ3) is 21.8. The summed E-state index contributed by atoms with van der Waals surface area (Å²) in [6.07, 6.45) is 7.56. The van der Waals surface area contributed by atoms with Crippen LogP contribution >= 0.6 is 0 Å². The molecule has 0 aliphatic heterocycles. The smallest absolute Gasteiger partial charge is 0.137 e. The maximum Gasteiger partial charge on any atom is 0.137 e. The van der Waals surface area contributed by atoms with Crippen molar-refractivity contribution in [3.8, 4) is 72.8 Å². The number of aryl methyl sites for hydroxylation is 3. The Balaban J connectivity index is 0.000000167. The van der Waals surface area contributed by atoms with E-state index in [4.69, 9.17) is 32.4 Å². The highest BCUT2D eigenvalue weighted by Gasteiger charge is 2.42. The van der Waals surface area contributed by atoms with E-state index in [-0.39, 0.29) is 127 Å². The van der Waals surface area contributed by atoms with Crippen LogP contribution in [0.15, 0.2) is 292 Å². The van der Waals surface area contributed by atoms with Crippen LogP contribution < -0.4 is 0 Å². The lowest BCUT2D eigenvalue weighted by Gasteiger charge is -2.27. The van der Waals surface area contributed by atoms with E-state index >= 15 is 0 Å². The van der Waals surface area contributed by atoms with Crippen LogP contribution in [0.4, 0.5) is 0 Å². The van der Waals surface area contributed by atoms with E-state index < -0.39 is 65.5 Å². The number of nitrogens with zero attached hydrogens (tertiary/aromatic N) is 7. The molecule has 6 aromatic heterocycles. The molecule has 1 aliphatic rings. The number of aromatic nitrogens is 7. The van der Waals surface area contributed by atoms with E-state index in [2.05, 4.69) is 256 Å². The van der Waals surface area contributed by atoms with Crippen molar-refractivity contribution >= 4 is 21.8 Å². The van der Waals surface area contributed by atoms with E-state index in [0.717, 1.165) is 40.1 Å². The molecule has 0 N–H and O–H groups in total. The first-order valence-corrected chi connectivity index (χ1v) is 42.0. The minimum absolute atomic E-state index is 0.00623. The largest absolute Gasteiger partial charge is 0.294 e. The second-order valence-corrected chi connectivity index (χ2v) is 38.9. The Bertz CT molecular complexity index is 6700. The van der Waals surface area contributed by atoms with Crippen LogP contribution in [-0.4, -0.2) is 34.5 Å². The molecule has 0 amide bonds. The number of hydrogen-bond acceptors (Lipinski definition) is 6. The van der Waals surface area contributed by atoms with Gasteiger partial charge in [-0.15, -0.1) is 0 Å². The van der Waals surface area contributed by atoms with Crippen molar-refractivity contribution < 1.29 is 27.4 Å². The van der Waals surface area contributed by atoms with Crippen molar-refractivity contribution in [3.63, 3.8) is 0 Å². The zero-order chi connectivity index (χ0) is 106. The predicted octanol–water partition coefficient (Wildman–Crippen LogP) is 31.1. The van der Waals surface area contributed by atoms with Gasteiger partial charge in [-0.1, -0.05) is 394 Å². The SMILES string of the molecule is CC(C)(C)c1c(-c2ccccc2)cccc1-c1cccnc1.CC(C)(C)c1ccc2c(c1)C(C)(C)CC2(C)C.Cc1ccc(C(C)(C)C)c(C)n1.[2H]C([2H])(C)c1nc(-n2c3ccccc3c3ccccc32)ccc1C(C)(C)C.[2H]c1c([2H])c([2H])c(-c2cncc(-c3c([2H])c([2H])c([2H])c(C)c3[2H])c2C(C)(C)C)c([2H])c1[2H].[2H]c1c([2H])c([2H])c(-c2ncnc(-c3c([2H])c([2H])c([2H])c(C)c3[2H])c2C(C)(C)C)c([2H])c1[2H]. The van der Waals surface area contributed by atoms with Gasteiger partial charge in [0, 0.05) is 88.8 Å². The molecule has 0 fully saturated rings. The van der Waals surface area contributed by atoms with Gasteiger partial charge in [-0.25, -0.2) is 15.0 Å². The summed E-state index contributed by atoms with van der Waals surface area (Å²) in [4.78, 5) is 26.4. The molecule has 0 unspecified atom stereocenters. The van der Waals surface area contributed by atoms with Crippen LogP contribution in [0.1, 0.15) is 266 Å². The van der Waals surface area contributed by atoms with Crippen molar-refractivity contribution in [1.82, 2.24) is 34.5 Å². The van der Waals surface area contributed by atoms with Gasteiger partial charge in [0.15, 0.2) is 0 Å². The monoisotopic (exact) mass is 1630 g/mol. The highest BCUT2D eigenvalue weighted by Crippen LogP contribution is 2.51. The molecule has 0 atom stereocenters. The van der Waals surface area contributed by atoms with Crippen LogP contribution in [0.3, 0.4) is 0 Å². The molecule has 0 bridgehead atoms. The average Bonchev–Trinajstić information content (AvgIpc) is 1.31. The summed E-state index contributed by atoms with van der Waals surface area (Å²) in [7, 11) is 0. The molecule has 122 heavy (non-hydrogen) atoms. The van der Waals surface area contributed by atoms with Crippen molar-refractivity contribution in [2.45, 2.75) is 243 Å². The van der Waals surface area contributed by atoms with Gasteiger partial charge < -0.3 is 0 Å². The molecule has 1 aliphatic carbocycles. The second kappa shape index (κ2) is 37.4. The molecule has 6 heterocycles. The Morgan fingerprint density at radius 2 is 0.869 bits per heavy atom. The Labute approximate surface area is 760 Å². The van der Waals surface area contributed by atoms with Crippen molar-refractivity contribution in [3.05, 3.63) is 364 Å². The number of pyridine rings is 4. The van der Waals surface area contributed by atoms with E-state index in [9.17, 15) is 0 Å². The minimum Gasteiger partial charge on any atom is -0.294 e. The van der Waals surface area contributed by atoms with Crippen molar-refractivity contribution in [2.24, 2.45) is 0 Å². The summed E-state index contributed by atoms with van der Waals surface area (Å²) in [6, 6.07) is 47.0. The molecular weight excluding hydrogens is 1480 g/mol. The van der Waals surface area contributed by atoms with Crippen molar-refractivity contribution in [1.29, 1.82) is 0 Å². The first kappa shape index (κ1) is 67.1. The molecule has 0 spiro atoms. The van der Waals surface area contributed by atoms with Crippen LogP contribution in [0.2, 0.25) is 0 Å². The maximum atomic E-state index is 8.56. The molecule has 7 heteroatoms. The summed E-state index contributed by atoms with van der Waals surface area (Å²) in [6.45, 7) is 56.0. The first-order valence-electron chi connectivity index (χ1n) is 52.0. The molecule has 9 aromatic carbocycles. The summed E-state index contributed by atoms with van der Waals surface area (Å²) in [5.41, 5.74) is 20.2. The van der Waals surface area contributed by atoms with E-state index in [1.807, 2.05) is 103 Å². The fraction of sp³-hybridized carbons (Fsp3) is 0.322. The number of para-hydroxylation sites is 2. The fourth-order valence-electron chi connectivity index (χ4n) is 16.5. The van der Waals surface area contributed by atoms with Gasteiger partial charge in [0.25, 0.3) is 0 Å². The number of hydrogen-bond donors (Lipinski definition) is 0. The van der Waals surface area contributed by atoms with E-state index in [1.54, 1.807) is 25.0 Å². The maximum absolute atomic E-state index is 8.56. The Hall–Kier alpha value is -11.5. The number of rotatable bonds is 8. The standard InChI is InChI=1S/C23H24N2.C22H23N.C21H22N2.C21H21N.C17H26.C11H17N/c1-5-19-18(23(2,3)4)14-15-22(24-19)25-20-12-8-6-10-16(20)17-11-7-9-13-21(17)25;1-16-9-8-12-18(13-16)20-15-23-14-19(21(20)22(2,3)4)17-10-6-5-7-11-17;1-15-9-8-12-17(13-15)20-18(21(2,3)4)19(22-14-23-20)16-10-6-5-7-11-16;1-21(2,3)20-18(16-9-5-4-6-10-16)12-7-13-19(20)17-11-8-14-22-15-17;1-15(2,3)12-8-9-13-14(10-12)17(6,7)11-16(13,4)5;1-8-6-7-10(9(2)12-8)11(3,4)5/h6-15H,5H2,1-4H3;5-15H,1-4H3;5-14H,1-4H3;4-15H,1-3H3;8-10H,11H2,1-7H3;6-7H,1-5H3/i5D2;2*5D,6D,7D,8D,9D,10D,11D,12D,13D;;;. The molecule has 0 radical (unpaired) electrons. The van der Waals surface area contributed by atoms with Gasteiger partial charge in [0.1, 0.15) is 12.1 Å². The van der Waals surface area contributed by atoms with Gasteiger partial charge in [-0.2, -0.15) is 0 Å². The van der Waals surface area contributed by atoms with Crippen molar-refractivity contribution in [2.75, 3.05) is 0 Å². The normalized spacial score (nSPS) is 15.4. The summed E-state index contributed by atoms with van der Waals surface area (Å²) in [5.74, 6) is 0.751. The molecule has 0 saturated carbocycles. The topological polar surface area (TPSA) is 82.3 Å². The summed E-state index contributed by atoms with van der Waals surface area (Å²) < 4.78 is 166. The third-order valence-electron chi connectivity index (χ3n) is 21.7. The Morgan fingerprint density at radius 3 is 1.40 bits per heavy atom. The average molecular weight is 1630 g/mol. The lowest BCUT2D eigenvalue weighted by Crippen LogP contribution is -2.18. The van der Waals surface area contributed by atoms with E-state index in [1.165, 1.54) is 75.5 Å². The molecule has 7 nitrogen and oxygen atoms in total. The molecule has 0 saturated heterocycles.